The molecule has 0 aliphatic carbocycles. The molecule has 3 rings (SSSR count). The normalized spacial score (nSPS) is 11.3. The van der Waals surface area contributed by atoms with E-state index in [9.17, 15) is 13.2 Å². The first-order valence-electron chi connectivity index (χ1n) is 10.2. The van der Waals surface area contributed by atoms with Gasteiger partial charge in [-0.2, -0.15) is 4.31 Å². The minimum atomic E-state index is -3.70. The molecule has 1 aromatic heterocycles. The Hall–Kier alpha value is -2.52. The molecule has 0 fully saturated rings. The van der Waals surface area contributed by atoms with Crippen molar-refractivity contribution in [1.82, 2.24) is 9.29 Å². The van der Waals surface area contributed by atoms with Gasteiger partial charge in [0.15, 0.2) is 0 Å². The Morgan fingerprint density at radius 2 is 1.84 bits per heavy atom. The lowest BCUT2D eigenvalue weighted by molar-refractivity contribution is 0.0600. The van der Waals surface area contributed by atoms with Crippen LogP contribution in [0.4, 0.5) is 0 Å². The summed E-state index contributed by atoms with van der Waals surface area (Å²) in [5.74, 6) is -0.389. The number of halogens is 1. The lowest BCUT2D eigenvalue weighted by atomic mass is 10.1. The van der Waals surface area contributed by atoms with E-state index in [2.05, 4.69) is 4.98 Å². The maximum absolute atomic E-state index is 13.5. The van der Waals surface area contributed by atoms with E-state index < -0.39 is 10.0 Å². The number of methoxy groups -OCH3 is 1. The average Bonchev–Trinajstić information content (AvgIpc) is 2.80. The topological polar surface area (TPSA) is 103 Å². The van der Waals surface area contributed by atoms with Crippen molar-refractivity contribution in [2.75, 3.05) is 26.7 Å². The number of rotatable bonds is 10. The van der Waals surface area contributed by atoms with E-state index in [-0.39, 0.29) is 23.3 Å². The van der Waals surface area contributed by atoms with Gasteiger partial charge in [-0.1, -0.05) is 24.3 Å². The fourth-order valence-electron chi connectivity index (χ4n) is 3.51. The van der Waals surface area contributed by atoms with E-state index in [1.807, 2.05) is 12.1 Å². The first kappa shape index (κ1) is 25.7. The number of pyridine rings is 1. The second kappa shape index (κ2) is 11.9. The van der Waals surface area contributed by atoms with Crippen molar-refractivity contribution < 1.29 is 17.9 Å². The van der Waals surface area contributed by atoms with E-state index in [0.29, 0.717) is 49.8 Å². The van der Waals surface area contributed by atoms with Crippen LogP contribution in [0.15, 0.2) is 65.8 Å². The van der Waals surface area contributed by atoms with Crippen LogP contribution in [0.2, 0.25) is 0 Å². The lowest BCUT2D eigenvalue weighted by Gasteiger charge is -2.23. The molecule has 3 aromatic rings. The molecule has 2 aromatic carbocycles. The van der Waals surface area contributed by atoms with Crippen LogP contribution in [0.25, 0.3) is 10.8 Å². The number of sulfonamides is 1. The van der Waals surface area contributed by atoms with Gasteiger partial charge in [0, 0.05) is 36.3 Å². The summed E-state index contributed by atoms with van der Waals surface area (Å²) >= 11 is 0. The summed E-state index contributed by atoms with van der Waals surface area (Å²) in [6, 6.07) is 14.1. The van der Waals surface area contributed by atoms with E-state index >= 15 is 0 Å². The number of aromatic nitrogens is 1. The van der Waals surface area contributed by atoms with Gasteiger partial charge in [0.2, 0.25) is 10.0 Å². The highest BCUT2D eigenvalue weighted by Gasteiger charge is 2.25. The van der Waals surface area contributed by atoms with Crippen molar-refractivity contribution in [3.05, 3.63) is 72.1 Å². The Labute approximate surface area is 195 Å². The predicted molar refractivity (Wildman–Crippen MR) is 128 cm³/mol. The van der Waals surface area contributed by atoms with Gasteiger partial charge in [0.25, 0.3) is 0 Å². The molecule has 9 heteroatoms. The Bertz CT molecular complexity index is 1150. The lowest BCUT2D eigenvalue weighted by Crippen LogP contribution is -2.34. The van der Waals surface area contributed by atoms with E-state index in [0.717, 1.165) is 10.9 Å². The number of carbonyl (C=O) groups is 1. The summed E-state index contributed by atoms with van der Waals surface area (Å²) in [7, 11) is -2.36. The molecule has 0 aliphatic rings. The number of fused-ring (bicyclic) bond motifs is 1. The largest absolute Gasteiger partial charge is 0.465 e. The monoisotopic (exact) mass is 477 g/mol. The number of nitrogens with two attached hydrogens (primary N) is 1. The Morgan fingerprint density at radius 1 is 1.09 bits per heavy atom. The second-order valence-electron chi connectivity index (χ2n) is 7.19. The van der Waals surface area contributed by atoms with Gasteiger partial charge < -0.3 is 10.5 Å². The summed E-state index contributed by atoms with van der Waals surface area (Å²) in [5, 5.41) is 1.43. The van der Waals surface area contributed by atoms with Crippen LogP contribution in [0.5, 0.6) is 0 Å². The Morgan fingerprint density at radius 3 is 2.59 bits per heavy atom. The number of esters is 1. The van der Waals surface area contributed by atoms with E-state index in [4.69, 9.17) is 10.5 Å². The van der Waals surface area contributed by atoms with Crippen LogP contribution >= 0.6 is 12.4 Å². The van der Waals surface area contributed by atoms with Crippen molar-refractivity contribution in [3.8, 4) is 0 Å². The van der Waals surface area contributed by atoms with Crippen LogP contribution < -0.4 is 5.73 Å². The fraction of sp³-hybridized carbons (Fsp3) is 0.304. The Balaban J connectivity index is 0.00000363. The molecule has 0 saturated carbocycles. The number of ether oxygens (including phenoxy) is 1. The first-order chi connectivity index (χ1) is 15.0. The molecule has 1 heterocycles. The molecule has 0 bridgehead atoms. The van der Waals surface area contributed by atoms with Gasteiger partial charge in [-0.15, -0.1) is 12.4 Å². The average molecular weight is 478 g/mol. The number of nitrogens with zero attached hydrogens (tertiary/aromatic N) is 2. The highest BCUT2D eigenvalue weighted by Crippen LogP contribution is 2.25. The van der Waals surface area contributed by atoms with Gasteiger partial charge in [-0.3, -0.25) is 4.98 Å². The minimum absolute atomic E-state index is 0. The van der Waals surface area contributed by atoms with Gasteiger partial charge in [-0.05, 0) is 55.6 Å². The molecule has 7 nitrogen and oxygen atoms in total. The maximum Gasteiger partial charge on any atom is 0.337 e. The zero-order valence-corrected chi connectivity index (χ0v) is 19.6. The minimum Gasteiger partial charge on any atom is -0.465 e. The van der Waals surface area contributed by atoms with Crippen molar-refractivity contribution >= 4 is 39.2 Å². The number of hydrogen-bond acceptors (Lipinski definition) is 6. The van der Waals surface area contributed by atoms with Crippen LogP contribution in [-0.4, -0.2) is 50.4 Å². The van der Waals surface area contributed by atoms with Gasteiger partial charge in [0.1, 0.15) is 0 Å². The van der Waals surface area contributed by atoms with Crippen molar-refractivity contribution in [2.45, 2.75) is 24.2 Å². The van der Waals surface area contributed by atoms with Crippen molar-refractivity contribution in [3.63, 3.8) is 0 Å². The molecular weight excluding hydrogens is 450 g/mol. The van der Waals surface area contributed by atoms with Crippen molar-refractivity contribution in [2.24, 2.45) is 5.73 Å². The van der Waals surface area contributed by atoms with E-state index in [1.165, 1.54) is 11.4 Å². The highest BCUT2D eigenvalue weighted by molar-refractivity contribution is 7.89. The molecule has 0 atom stereocenters. The molecule has 172 valence electrons. The van der Waals surface area contributed by atoms with Crippen LogP contribution in [0, 0.1) is 0 Å². The van der Waals surface area contributed by atoms with Crippen LogP contribution in [0.1, 0.15) is 28.8 Å². The first-order valence-corrected chi connectivity index (χ1v) is 11.6. The fourth-order valence-corrected chi connectivity index (χ4v) is 5.24. The zero-order valence-electron chi connectivity index (χ0n) is 17.9. The summed E-state index contributed by atoms with van der Waals surface area (Å²) < 4.78 is 33.2. The number of hydrogen-bond donors (Lipinski definition) is 1. The molecule has 0 saturated heterocycles. The number of carbonyl (C=O) groups excluding carboxylic acids is 1. The molecule has 0 spiro atoms. The van der Waals surface area contributed by atoms with Crippen LogP contribution in [-0.2, 0) is 21.2 Å². The smallest absolute Gasteiger partial charge is 0.337 e. The molecule has 0 radical (unpaired) electrons. The molecule has 0 amide bonds. The summed E-state index contributed by atoms with van der Waals surface area (Å²) in [5.41, 5.74) is 7.09. The highest BCUT2D eigenvalue weighted by atomic mass is 35.5. The van der Waals surface area contributed by atoms with Crippen LogP contribution in [0.3, 0.4) is 0 Å². The standard InChI is InChI=1S/C23H27N3O4S.ClH/c1-30-23(27)19-8-2-6-18(16-19)7-4-14-26(15-5-12-24)31(28,29)22-10-3-9-20-17-25-13-11-21(20)22;/h2-3,6,8-11,13,16-17H,4-5,7,12,14-15,24H2,1H3;1H. The summed E-state index contributed by atoms with van der Waals surface area (Å²) in [6.45, 7) is 1.11. The number of aryl methyl sites for hydroxylation is 1. The summed E-state index contributed by atoms with van der Waals surface area (Å²) in [6.07, 6.45) is 5.08. The Kier molecular flexibility index (Phi) is 9.59. The molecular formula is C23H28ClN3O4S. The van der Waals surface area contributed by atoms with Gasteiger partial charge in [-0.25, -0.2) is 13.2 Å². The zero-order chi connectivity index (χ0) is 22.3. The van der Waals surface area contributed by atoms with Crippen molar-refractivity contribution in [1.29, 1.82) is 0 Å². The molecule has 0 aliphatic heterocycles. The van der Waals surface area contributed by atoms with Gasteiger partial charge >= 0.3 is 5.97 Å². The third-order valence-electron chi connectivity index (χ3n) is 5.09. The maximum atomic E-state index is 13.5. The molecule has 32 heavy (non-hydrogen) atoms. The third kappa shape index (κ3) is 6.04. The predicted octanol–water partition coefficient (Wildman–Crippen LogP) is 3.42. The quantitative estimate of drug-likeness (QED) is 0.449. The number of benzene rings is 2. The molecule has 0 unspecified atom stereocenters. The second-order valence-corrected chi connectivity index (χ2v) is 9.10. The summed E-state index contributed by atoms with van der Waals surface area (Å²) in [4.78, 5) is 16.1. The SMILES string of the molecule is COC(=O)c1cccc(CCCN(CCCN)S(=O)(=O)c2cccc3cnccc23)c1.Cl. The van der Waals surface area contributed by atoms with Gasteiger partial charge in [0.05, 0.1) is 17.6 Å². The third-order valence-corrected chi connectivity index (χ3v) is 7.05. The van der Waals surface area contributed by atoms with E-state index in [1.54, 1.807) is 48.8 Å². The molecule has 2 N–H and O–H groups in total.